The highest BCUT2D eigenvalue weighted by atomic mass is 19.4. The van der Waals surface area contributed by atoms with Crippen LogP contribution in [0.4, 0.5) is 36.8 Å². The number of hydrogen-bond acceptors (Lipinski definition) is 4. The smallest absolute Gasteiger partial charge is 0.490 e. The number of urea groups is 1. The predicted octanol–water partition coefficient (Wildman–Crippen LogP) is 5.06. The van der Waals surface area contributed by atoms with Crippen LogP contribution in [0.5, 0.6) is 5.75 Å². The Morgan fingerprint density at radius 1 is 1.06 bits per heavy atom. The largest absolute Gasteiger partial charge is 0.497 e. The highest BCUT2D eigenvalue weighted by Gasteiger charge is 2.38. The van der Waals surface area contributed by atoms with Crippen LogP contribution in [0, 0.1) is 0 Å². The molecule has 0 radical (unpaired) electrons. The molecule has 0 aliphatic heterocycles. The molecule has 0 bridgehead atoms. The van der Waals surface area contributed by atoms with Gasteiger partial charge in [0, 0.05) is 18.3 Å². The van der Waals surface area contributed by atoms with Crippen molar-refractivity contribution < 1.29 is 45.8 Å². The zero-order chi connectivity index (χ0) is 26.2. The number of hydrogen-bond donors (Lipinski definition) is 4. The molecule has 0 aliphatic rings. The number of carbonyl (C=O) groups excluding carboxylic acids is 1. The Morgan fingerprint density at radius 3 is 2.29 bits per heavy atom. The number of anilines is 1. The number of aromatic nitrogens is 2. The Hall–Kier alpha value is -4.23. The first kappa shape index (κ1) is 27.0. The van der Waals surface area contributed by atoms with Crippen LogP contribution in [0.25, 0.3) is 11.1 Å². The SMILES string of the molecule is COc1cccc(CNC(=O)Nc2ccc(-c3cn[nH]c3)cc2C(F)(F)F)c1.O=C(O)C(F)(F)F. The second-order valence-corrected chi connectivity index (χ2v) is 6.71. The number of aliphatic carboxylic acids is 1. The lowest BCUT2D eigenvalue weighted by Crippen LogP contribution is -2.29. The lowest BCUT2D eigenvalue weighted by molar-refractivity contribution is -0.192. The monoisotopic (exact) mass is 504 g/mol. The van der Waals surface area contributed by atoms with Crippen LogP contribution in [0.3, 0.4) is 0 Å². The third kappa shape index (κ3) is 8.24. The molecule has 0 aliphatic carbocycles. The van der Waals surface area contributed by atoms with Gasteiger partial charge in [-0.3, -0.25) is 5.10 Å². The molecule has 0 unspecified atom stereocenters. The van der Waals surface area contributed by atoms with E-state index in [4.69, 9.17) is 14.6 Å². The molecule has 8 nitrogen and oxygen atoms in total. The standard InChI is InChI=1S/C19H17F3N4O2.C2HF3O2/c1-28-15-4-2-3-12(7-15)9-23-18(27)26-17-6-5-13(14-10-24-25-11-14)8-16(17)19(20,21)22;3-2(4,5)1(6)7/h2-8,10-11H,9H2,1H3,(H,24,25)(H2,23,26,27);(H,6,7). The van der Waals surface area contributed by atoms with Crippen molar-refractivity contribution in [3.63, 3.8) is 0 Å². The fourth-order valence-corrected chi connectivity index (χ4v) is 2.61. The maximum absolute atomic E-state index is 13.4. The number of halogens is 6. The Morgan fingerprint density at radius 2 is 1.74 bits per heavy atom. The summed E-state index contributed by atoms with van der Waals surface area (Å²) in [6, 6.07) is 9.93. The van der Waals surface area contributed by atoms with Crippen LogP contribution >= 0.6 is 0 Å². The average Bonchev–Trinajstić information content (AvgIpc) is 3.32. The molecule has 1 aromatic heterocycles. The lowest BCUT2D eigenvalue weighted by atomic mass is 10.0. The molecule has 0 spiro atoms. The Kier molecular flexibility index (Phi) is 8.70. The van der Waals surface area contributed by atoms with Gasteiger partial charge in [0.15, 0.2) is 0 Å². The van der Waals surface area contributed by atoms with Gasteiger partial charge in [-0.25, -0.2) is 9.59 Å². The van der Waals surface area contributed by atoms with E-state index in [-0.39, 0.29) is 12.2 Å². The summed E-state index contributed by atoms with van der Waals surface area (Å²) in [5.41, 5.74) is 0.328. The van der Waals surface area contributed by atoms with E-state index in [9.17, 15) is 31.1 Å². The van der Waals surface area contributed by atoms with Crippen molar-refractivity contribution in [2.45, 2.75) is 18.9 Å². The summed E-state index contributed by atoms with van der Waals surface area (Å²) in [7, 11) is 1.52. The van der Waals surface area contributed by atoms with Crippen molar-refractivity contribution >= 4 is 17.7 Å². The van der Waals surface area contributed by atoms with Gasteiger partial charge in [-0.15, -0.1) is 0 Å². The Balaban J connectivity index is 0.000000540. The van der Waals surface area contributed by atoms with Crippen molar-refractivity contribution in [3.05, 3.63) is 66.0 Å². The van der Waals surface area contributed by atoms with Gasteiger partial charge in [0.05, 0.1) is 24.6 Å². The molecule has 35 heavy (non-hydrogen) atoms. The van der Waals surface area contributed by atoms with Gasteiger partial charge >= 0.3 is 24.4 Å². The van der Waals surface area contributed by atoms with E-state index in [1.54, 1.807) is 24.3 Å². The number of carbonyl (C=O) groups is 2. The van der Waals surface area contributed by atoms with E-state index >= 15 is 0 Å². The van der Waals surface area contributed by atoms with Gasteiger partial charge in [-0.05, 0) is 35.4 Å². The van der Waals surface area contributed by atoms with Crippen LogP contribution < -0.4 is 15.4 Å². The van der Waals surface area contributed by atoms with Gasteiger partial charge in [-0.1, -0.05) is 18.2 Å². The van der Waals surface area contributed by atoms with E-state index in [0.717, 1.165) is 11.6 Å². The number of carboxylic acids is 1. The highest BCUT2D eigenvalue weighted by Crippen LogP contribution is 2.37. The summed E-state index contributed by atoms with van der Waals surface area (Å²) in [5, 5.41) is 18.2. The number of benzene rings is 2. The summed E-state index contributed by atoms with van der Waals surface area (Å²) in [6.07, 6.45) is -6.80. The number of alkyl halides is 6. The number of carboxylic acid groups (broad SMARTS) is 1. The van der Waals surface area contributed by atoms with E-state index < -0.39 is 29.9 Å². The Bertz CT molecular complexity index is 1150. The molecule has 3 rings (SSSR count). The predicted molar refractivity (Wildman–Crippen MR) is 112 cm³/mol. The molecule has 4 N–H and O–H groups in total. The minimum absolute atomic E-state index is 0.136. The van der Waals surface area contributed by atoms with Gasteiger partial charge in [0.25, 0.3) is 0 Å². The maximum atomic E-state index is 13.4. The molecular weight excluding hydrogens is 486 g/mol. The first-order chi connectivity index (χ1) is 16.3. The topological polar surface area (TPSA) is 116 Å². The van der Waals surface area contributed by atoms with Crippen LogP contribution in [-0.4, -0.2) is 40.6 Å². The number of H-pyrrole nitrogens is 1. The summed E-state index contributed by atoms with van der Waals surface area (Å²) < 4.78 is 77.2. The molecule has 0 saturated heterocycles. The molecule has 14 heteroatoms. The molecule has 0 saturated carbocycles. The zero-order valence-corrected chi connectivity index (χ0v) is 17.8. The first-order valence-electron chi connectivity index (χ1n) is 9.49. The Labute approximate surface area is 193 Å². The first-order valence-corrected chi connectivity index (χ1v) is 9.49. The quantitative estimate of drug-likeness (QED) is 0.363. The number of rotatable bonds is 5. The number of ether oxygens (including phenoxy) is 1. The van der Waals surface area contributed by atoms with E-state index in [0.29, 0.717) is 16.9 Å². The fraction of sp³-hybridized carbons (Fsp3) is 0.190. The minimum atomic E-state index is -5.08. The van der Waals surface area contributed by atoms with E-state index in [1.807, 2.05) is 0 Å². The fourth-order valence-electron chi connectivity index (χ4n) is 2.61. The van der Waals surface area contributed by atoms with Crippen molar-refractivity contribution in [2.24, 2.45) is 0 Å². The van der Waals surface area contributed by atoms with E-state index in [2.05, 4.69) is 20.8 Å². The molecule has 1 heterocycles. The number of aromatic amines is 1. The lowest BCUT2D eigenvalue weighted by Gasteiger charge is -2.15. The summed E-state index contributed by atoms with van der Waals surface area (Å²) >= 11 is 0. The third-order valence-corrected chi connectivity index (χ3v) is 4.23. The molecule has 2 amide bonds. The van der Waals surface area contributed by atoms with Gasteiger partial charge in [0.2, 0.25) is 0 Å². The molecule has 0 atom stereocenters. The summed E-state index contributed by atoms with van der Waals surface area (Å²) in [4.78, 5) is 21.0. The average molecular weight is 504 g/mol. The van der Waals surface area contributed by atoms with E-state index in [1.165, 1.54) is 31.6 Å². The molecular formula is C21H18F6N4O4. The summed E-state index contributed by atoms with van der Waals surface area (Å²) in [5.74, 6) is -2.14. The van der Waals surface area contributed by atoms with Crippen LogP contribution in [0.2, 0.25) is 0 Å². The maximum Gasteiger partial charge on any atom is 0.490 e. The molecule has 188 valence electrons. The van der Waals surface area contributed by atoms with Crippen LogP contribution in [0.1, 0.15) is 11.1 Å². The number of nitrogens with one attached hydrogen (secondary N) is 3. The van der Waals surface area contributed by atoms with Crippen molar-refractivity contribution in [1.82, 2.24) is 15.5 Å². The van der Waals surface area contributed by atoms with Gasteiger partial charge < -0.3 is 20.5 Å². The second kappa shape index (κ2) is 11.3. The number of methoxy groups -OCH3 is 1. The van der Waals surface area contributed by atoms with Crippen molar-refractivity contribution in [1.29, 1.82) is 0 Å². The van der Waals surface area contributed by atoms with Gasteiger partial charge in [0.1, 0.15) is 5.75 Å². The minimum Gasteiger partial charge on any atom is -0.497 e. The van der Waals surface area contributed by atoms with Crippen molar-refractivity contribution in [2.75, 3.05) is 12.4 Å². The third-order valence-electron chi connectivity index (χ3n) is 4.23. The van der Waals surface area contributed by atoms with Crippen LogP contribution in [0.15, 0.2) is 54.9 Å². The second-order valence-electron chi connectivity index (χ2n) is 6.71. The molecule has 3 aromatic rings. The number of nitrogens with zero attached hydrogens (tertiary/aromatic N) is 1. The number of amides is 2. The van der Waals surface area contributed by atoms with Gasteiger partial charge in [-0.2, -0.15) is 31.4 Å². The molecule has 0 fully saturated rings. The van der Waals surface area contributed by atoms with Crippen LogP contribution in [-0.2, 0) is 17.5 Å². The van der Waals surface area contributed by atoms with Crippen molar-refractivity contribution in [3.8, 4) is 16.9 Å². The zero-order valence-electron chi connectivity index (χ0n) is 17.8. The molecule has 2 aromatic carbocycles. The summed E-state index contributed by atoms with van der Waals surface area (Å²) in [6.45, 7) is 0.136. The normalized spacial score (nSPS) is 11.2. The highest BCUT2D eigenvalue weighted by molar-refractivity contribution is 5.90.